The Morgan fingerprint density at radius 1 is 1.35 bits per heavy atom. The van der Waals surface area contributed by atoms with Crippen LogP contribution in [0.1, 0.15) is 45.8 Å². The third kappa shape index (κ3) is 6.24. The lowest BCUT2D eigenvalue weighted by Crippen LogP contribution is -2.38. The number of ether oxygens (including phenoxy) is 1. The minimum Gasteiger partial charge on any atom is -0.462 e. The molecule has 6 nitrogen and oxygen atoms in total. The SMILES string of the molecule is CCOC(=O)c1sc(C(C)NC(=NC)NCc2ccccc2)nc1C.I. The lowest BCUT2D eigenvalue weighted by Gasteiger charge is -2.16. The van der Waals surface area contributed by atoms with Gasteiger partial charge in [0, 0.05) is 13.6 Å². The normalized spacial score (nSPS) is 12.1. The number of aromatic nitrogens is 1. The van der Waals surface area contributed by atoms with Gasteiger partial charge in [-0.25, -0.2) is 9.78 Å². The van der Waals surface area contributed by atoms with Gasteiger partial charge in [-0.15, -0.1) is 35.3 Å². The van der Waals surface area contributed by atoms with Gasteiger partial charge < -0.3 is 15.4 Å². The van der Waals surface area contributed by atoms with Crippen LogP contribution in [0, 0.1) is 6.92 Å². The molecule has 2 N–H and O–H groups in total. The van der Waals surface area contributed by atoms with Crippen LogP contribution in [-0.4, -0.2) is 30.6 Å². The molecule has 1 atom stereocenters. The maximum absolute atomic E-state index is 11.9. The molecule has 142 valence electrons. The summed E-state index contributed by atoms with van der Waals surface area (Å²) in [4.78, 5) is 21.2. The van der Waals surface area contributed by atoms with Gasteiger partial charge >= 0.3 is 5.97 Å². The van der Waals surface area contributed by atoms with Crippen molar-refractivity contribution in [2.45, 2.75) is 33.4 Å². The topological polar surface area (TPSA) is 75.6 Å². The van der Waals surface area contributed by atoms with Gasteiger partial charge in [0.1, 0.15) is 9.88 Å². The zero-order chi connectivity index (χ0) is 18.2. The molecule has 2 aromatic rings. The Kier molecular flexibility index (Phi) is 9.57. The number of aryl methyl sites for hydroxylation is 1. The molecule has 0 saturated carbocycles. The highest BCUT2D eigenvalue weighted by atomic mass is 127. The summed E-state index contributed by atoms with van der Waals surface area (Å²) in [5, 5.41) is 7.40. The summed E-state index contributed by atoms with van der Waals surface area (Å²) in [7, 11) is 1.73. The fourth-order valence-corrected chi connectivity index (χ4v) is 3.19. The molecule has 0 spiro atoms. The van der Waals surface area contributed by atoms with Crippen molar-refractivity contribution in [1.29, 1.82) is 0 Å². The first kappa shape index (κ1) is 22.4. The molecule has 1 unspecified atom stereocenters. The summed E-state index contributed by atoms with van der Waals surface area (Å²) < 4.78 is 5.07. The highest BCUT2D eigenvalue weighted by Gasteiger charge is 2.20. The second kappa shape index (κ2) is 11.1. The Morgan fingerprint density at radius 2 is 2.04 bits per heavy atom. The van der Waals surface area contributed by atoms with E-state index in [1.54, 1.807) is 14.0 Å². The zero-order valence-corrected chi connectivity index (χ0v) is 18.6. The van der Waals surface area contributed by atoms with Gasteiger partial charge in [0.2, 0.25) is 0 Å². The molecule has 0 aliphatic rings. The summed E-state index contributed by atoms with van der Waals surface area (Å²) in [6, 6.07) is 10.0. The molecule has 0 amide bonds. The second-order valence-corrected chi connectivity index (χ2v) is 6.50. The molecule has 8 heteroatoms. The number of thiazole rings is 1. The number of hydrogen-bond acceptors (Lipinski definition) is 5. The molecule has 2 rings (SSSR count). The maximum Gasteiger partial charge on any atom is 0.350 e. The first-order valence-electron chi connectivity index (χ1n) is 8.20. The van der Waals surface area contributed by atoms with Gasteiger partial charge in [0.15, 0.2) is 5.96 Å². The van der Waals surface area contributed by atoms with Crippen LogP contribution in [0.15, 0.2) is 35.3 Å². The monoisotopic (exact) mass is 488 g/mol. The van der Waals surface area contributed by atoms with Crippen LogP contribution in [0.5, 0.6) is 0 Å². The van der Waals surface area contributed by atoms with Crippen molar-refractivity contribution in [3.63, 3.8) is 0 Å². The highest BCUT2D eigenvalue weighted by Crippen LogP contribution is 2.24. The van der Waals surface area contributed by atoms with Crippen molar-refractivity contribution in [1.82, 2.24) is 15.6 Å². The second-order valence-electron chi connectivity index (χ2n) is 5.46. The van der Waals surface area contributed by atoms with Crippen LogP contribution in [-0.2, 0) is 11.3 Å². The average Bonchev–Trinajstić information content (AvgIpc) is 3.01. The Bertz CT molecular complexity index is 734. The molecule has 0 bridgehead atoms. The summed E-state index contributed by atoms with van der Waals surface area (Å²) in [5.74, 6) is 0.365. The molecule has 0 radical (unpaired) electrons. The van der Waals surface area contributed by atoms with Crippen molar-refractivity contribution in [2.24, 2.45) is 4.99 Å². The van der Waals surface area contributed by atoms with Gasteiger partial charge in [0.05, 0.1) is 18.3 Å². The largest absolute Gasteiger partial charge is 0.462 e. The van der Waals surface area contributed by atoms with Crippen molar-refractivity contribution < 1.29 is 9.53 Å². The standard InChI is InChI=1S/C18H24N4O2S.HI/c1-5-24-17(23)15-12(2)21-16(25-15)13(3)22-18(19-4)20-11-14-9-7-6-8-10-14;/h6-10,13H,5,11H2,1-4H3,(H2,19,20,22);1H. The molecule has 1 aromatic heterocycles. The number of carbonyl (C=O) groups is 1. The Hall–Kier alpha value is -1.68. The number of carbonyl (C=O) groups excluding carboxylic acids is 1. The first-order chi connectivity index (χ1) is 12.0. The number of halogens is 1. The molecular weight excluding hydrogens is 463 g/mol. The van der Waals surface area contributed by atoms with E-state index in [1.807, 2.05) is 32.0 Å². The predicted octanol–water partition coefficient (Wildman–Crippen LogP) is 3.67. The quantitative estimate of drug-likeness (QED) is 0.281. The van der Waals surface area contributed by atoms with Gasteiger partial charge in [0.25, 0.3) is 0 Å². The fraction of sp³-hybridized carbons (Fsp3) is 0.389. The van der Waals surface area contributed by atoms with E-state index in [0.717, 1.165) is 5.01 Å². The molecular formula is C18H25IN4O2S. The van der Waals surface area contributed by atoms with Crippen molar-refractivity contribution in [2.75, 3.05) is 13.7 Å². The van der Waals surface area contributed by atoms with E-state index < -0.39 is 0 Å². The van der Waals surface area contributed by atoms with Crippen LogP contribution >= 0.6 is 35.3 Å². The van der Waals surface area contributed by atoms with Crippen LogP contribution < -0.4 is 10.6 Å². The van der Waals surface area contributed by atoms with E-state index in [9.17, 15) is 4.79 Å². The number of benzene rings is 1. The number of rotatable bonds is 6. The van der Waals surface area contributed by atoms with E-state index in [4.69, 9.17) is 4.74 Å². The number of nitrogens with zero attached hydrogens (tertiary/aromatic N) is 2. The van der Waals surface area contributed by atoms with Crippen molar-refractivity contribution in [3.8, 4) is 0 Å². The number of hydrogen-bond donors (Lipinski definition) is 2. The smallest absolute Gasteiger partial charge is 0.350 e. The van der Waals surface area contributed by atoms with Crippen LogP contribution in [0.3, 0.4) is 0 Å². The first-order valence-corrected chi connectivity index (χ1v) is 9.02. The van der Waals surface area contributed by atoms with Crippen molar-refractivity contribution >= 4 is 47.2 Å². The third-order valence-corrected chi connectivity index (χ3v) is 4.84. The van der Waals surface area contributed by atoms with Gasteiger partial charge in [-0.2, -0.15) is 0 Å². The Morgan fingerprint density at radius 3 is 2.65 bits per heavy atom. The fourth-order valence-electron chi connectivity index (χ4n) is 2.23. The molecule has 1 heterocycles. The average molecular weight is 488 g/mol. The molecule has 0 aliphatic carbocycles. The Balaban J connectivity index is 0.00000338. The number of nitrogens with one attached hydrogen (secondary N) is 2. The zero-order valence-electron chi connectivity index (χ0n) is 15.4. The minimum absolute atomic E-state index is 0. The van der Waals surface area contributed by atoms with E-state index in [-0.39, 0.29) is 36.0 Å². The molecule has 0 saturated heterocycles. The Labute approximate surface area is 175 Å². The van der Waals surface area contributed by atoms with Gasteiger partial charge in [-0.3, -0.25) is 4.99 Å². The van der Waals surface area contributed by atoms with Gasteiger partial charge in [-0.05, 0) is 26.3 Å². The number of esters is 1. The van der Waals surface area contributed by atoms with Crippen LogP contribution in [0.2, 0.25) is 0 Å². The van der Waals surface area contributed by atoms with E-state index in [0.29, 0.717) is 29.7 Å². The van der Waals surface area contributed by atoms with Crippen molar-refractivity contribution in [3.05, 3.63) is 51.5 Å². The number of guanidine groups is 1. The number of aliphatic imine (C=N–C) groups is 1. The maximum atomic E-state index is 11.9. The highest BCUT2D eigenvalue weighted by molar-refractivity contribution is 14.0. The summed E-state index contributed by atoms with van der Waals surface area (Å²) >= 11 is 1.35. The molecule has 0 aliphatic heterocycles. The third-order valence-electron chi connectivity index (χ3n) is 3.52. The summed E-state index contributed by atoms with van der Waals surface area (Å²) in [6.07, 6.45) is 0. The van der Waals surface area contributed by atoms with E-state index in [2.05, 4.69) is 32.7 Å². The molecule has 26 heavy (non-hydrogen) atoms. The molecule has 1 aromatic carbocycles. The van der Waals surface area contributed by atoms with E-state index >= 15 is 0 Å². The summed E-state index contributed by atoms with van der Waals surface area (Å²) in [5.41, 5.74) is 1.87. The lowest BCUT2D eigenvalue weighted by atomic mass is 10.2. The predicted molar refractivity (Wildman–Crippen MR) is 116 cm³/mol. The van der Waals surface area contributed by atoms with Crippen LogP contribution in [0.25, 0.3) is 0 Å². The van der Waals surface area contributed by atoms with Crippen LogP contribution in [0.4, 0.5) is 0 Å². The summed E-state index contributed by atoms with van der Waals surface area (Å²) in [6.45, 7) is 6.64. The molecule has 0 fully saturated rings. The van der Waals surface area contributed by atoms with E-state index in [1.165, 1.54) is 16.9 Å². The lowest BCUT2D eigenvalue weighted by molar-refractivity contribution is 0.0531. The minimum atomic E-state index is -0.317. The van der Waals surface area contributed by atoms with Gasteiger partial charge in [-0.1, -0.05) is 30.3 Å².